The number of halogens is 1. The molecule has 1 aromatic carbocycles. The van der Waals surface area contributed by atoms with E-state index in [2.05, 4.69) is 11.1 Å². The Morgan fingerprint density at radius 2 is 1.87 bits per heavy atom. The molecule has 6 nitrogen and oxygen atoms in total. The minimum atomic E-state index is -1.68. The fourth-order valence-electron chi connectivity index (χ4n) is 4.38. The Balaban J connectivity index is 2.04. The molecule has 0 radical (unpaired) electrons. The molecule has 4 rings (SSSR count). The van der Waals surface area contributed by atoms with E-state index < -0.39 is 29.4 Å². The number of allylic oxidation sites excluding steroid dienone is 1. The first-order chi connectivity index (χ1) is 14.5. The van der Waals surface area contributed by atoms with Crippen LogP contribution in [0.2, 0.25) is 0 Å². The van der Waals surface area contributed by atoms with Crippen molar-refractivity contribution in [3.8, 4) is 12.1 Å². The molecule has 0 saturated heterocycles. The number of aliphatic imine (C=N–C) groups is 1. The van der Waals surface area contributed by atoms with Crippen LogP contribution in [0.15, 0.2) is 65.4 Å². The molecular weight excluding hydrogens is 381 g/mol. The van der Waals surface area contributed by atoms with Crippen LogP contribution in [-0.4, -0.2) is 22.4 Å². The zero-order chi connectivity index (χ0) is 21.3. The van der Waals surface area contributed by atoms with Gasteiger partial charge in [-0.15, -0.1) is 0 Å². The van der Waals surface area contributed by atoms with Gasteiger partial charge in [0.05, 0.1) is 23.3 Å². The van der Waals surface area contributed by atoms with Crippen molar-refractivity contribution in [2.45, 2.75) is 30.5 Å². The Kier molecular flexibility index (Phi) is 5.01. The highest BCUT2D eigenvalue weighted by atomic mass is 19.1. The number of benzene rings is 1. The molecule has 4 atom stereocenters. The van der Waals surface area contributed by atoms with Crippen LogP contribution in [-0.2, 0) is 0 Å². The third-order valence-electron chi connectivity index (χ3n) is 5.85. The van der Waals surface area contributed by atoms with Crippen molar-refractivity contribution in [2.75, 3.05) is 0 Å². The summed E-state index contributed by atoms with van der Waals surface area (Å²) in [6.45, 7) is 0. The maximum atomic E-state index is 15.0. The topological polar surface area (TPSA) is 106 Å². The third-order valence-corrected chi connectivity index (χ3v) is 5.85. The summed E-state index contributed by atoms with van der Waals surface area (Å²) in [5.74, 6) is -0.864. The summed E-state index contributed by atoms with van der Waals surface area (Å²) in [4.78, 5) is 4.46. The molecule has 0 spiro atoms. The van der Waals surface area contributed by atoms with Gasteiger partial charge in [0, 0.05) is 18.1 Å². The van der Waals surface area contributed by atoms with Crippen LogP contribution in [0.4, 0.5) is 4.39 Å². The molecule has 1 N–H and O–H groups in total. The largest absolute Gasteiger partial charge is 0.762 e. The number of hydrogen-bond acceptors (Lipinski definition) is 4. The van der Waals surface area contributed by atoms with Crippen LogP contribution in [0.3, 0.4) is 0 Å². The summed E-state index contributed by atoms with van der Waals surface area (Å²) in [7, 11) is 0. The lowest BCUT2D eigenvalue weighted by molar-refractivity contribution is -0.743. The van der Waals surface area contributed by atoms with E-state index in [-0.39, 0.29) is 22.8 Å². The van der Waals surface area contributed by atoms with Gasteiger partial charge < -0.3 is 10.5 Å². The van der Waals surface area contributed by atoms with E-state index in [4.69, 9.17) is 0 Å². The average Bonchev–Trinajstić information content (AvgIpc) is 3.61. The highest BCUT2D eigenvalue weighted by Crippen LogP contribution is 2.54. The number of aliphatic hydroxyl groups is 1. The second kappa shape index (κ2) is 7.65. The zero-order valence-corrected chi connectivity index (χ0v) is 16.0. The SMILES string of the molecule is N#CC(=C=[N-])C1=N[C@](O)(C2CC2)[C@H]([n+]2ccccc2)[C@@H](c2ccccc2F)[C@H]1C#N. The molecule has 0 bridgehead atoms. The van der Waals surface area contributed by atoms with Crippen LogP contribution in [0.25, 0.3) is 5.41 Å². The Bertz CT molecular complexity index is 1140. The molecule has 1 aliphatic carbocycles. The van der Waals surface area contributed by atoms with Crippen molar-refractivity contribution in [1.82, 2.24) is 0 Å². The van der Waals surface area contributed by atoms with Gasteiger partial charge in [-0.1, -0.05) is 24.3 Å². The summed E-state index contributed by atoms with van der Waals surface area (Å²) in [5.41, 5.74) is -1.84. The van der Waals surface area contributed by atoms with Crippen molar-refractivity contribution in [1.29, 1.82) is 10.5 Å². The number of hydrogen-bond donors (Lipinski definition) is 1. The van der Waals surface area contributed by atoms with E-state index in [1.165, 1.54) is 6.07 Å². The summed E-state index contributed by atoms with van der Waals surface area (Å²) < 4.78 is 16.7. The van der Waals surface area contributed by atoms with Gasteiger partial charge >= 0.3 is 0 Å². The Morgan fingerprint density at radius 3 is 2.43 bits per heavy atom. The maximum absolute atomic E-state index is 15.0. The van der Waals surface area contributed by atoms with Gasteiger partial charge in [-0.05, 0) is 24.5 Å². The Morgan fingerprint density at radius 1 is 1.17 bits per heavy atom. The minimum Gasteiger partial charge on any atom is -0.762 e. The Hall–Kier alpha value is -3.64. The molecule has 2 heterocycles. The quantitative estimate of drug-likeness (QED) is 0.485. The molecule has 0 amide bonds. The standard InChI is InChI=1S/C23H18FN5O/c24-19-7-3-2-6-17(19)20-18(14-27)21(15(12-25)13-26)28-23(30,16-8-9-16)22(20)29-10-4-1-5-11-29/h1-7,10-11,16,18,20,22,30H,8-9H2/t18-,20+,22-,23+/m1/s1. The Labute approximate surface area is 173 Å². The molecule has 1 aromatic heterocycles. The first kappa shape index (κ1) is 19.7. The predicted molar refractivity (Wildman–Crippen MR) is 107 cm³/mol. The average molecular weight is 399 g/mol. The van der Waals surface area contributed by atoms with Crippen molar-refractivity contribution in [2.24, 2.45) is 16.8 Å². The van der Waals surface area contributed by atoms with Crippen molar-refractivity contribution in [3.63, 3.8) is 0 Å². The van der Waals surface area contributed by atoms with E-state index in [0.29, 0.717) is 12.8 Å². The van der Waals surface area contributed by atoms with Crippen LogP contribution in [0, 0.1) is 40.3 Å². The maximum Gasteiger partial charge on any atom is 0.222 e. The second-order valence-corrected chi connectivity index (χ2v) is 7.57. The van der Waals surface area contributed by atoms with Gasteiger partial charge in [-0.2, -0.15) is 15.1 Å². The molecule has 1 aliphatic heterocycles. The van der Waals surface area contributed by atoms with Crippen LogP contribution < -0.4 is 4.57 Å². The van der Waals surface area contributed by atoms with Crippen molar-refractivity contribution >= 4 is 11.6 Å². The minimum absolute atomic E-state index is 0.0714. The predicted octanol–water partition coefficient (Wildman–Crippen LogP) is 2.82. The number of aromatic nitrogens is 1. The summed E-state index contributed by atoms with van der Waals surface area (Å²) in [6, 6.07) is 14.6. The number of nitriles is 2. The fraction of sp³-hybridized carbons (Fsp3) is 0.304. The van der Waals surface area contributed by atoms with E-state index in [1.54, 1.807) is 59.2 Å². The van der Waals surface area contributed by atoms with E-state index in [1.807, 2.05) is 6.07 Å². The van der Waals surface area contributed by atoms with Gasteiger partial charge in [-0.3, -0.25) is 0 Å². The fourth-order valence-corrected chi connectivity index (χ4v) is 4.38. The van der Waals surface area contributed by atoms with Gasteiger partial charge in [-0.25, -0.2) is 15.3 Å². The smallest absolute Gasteiger partial charge is 0.222 e. The van der Waals surface area contributed by atoms with Crippen LogP contribution in [0.5, 0.6) is 0 Å². The second-order valence-electron chi connectivity index (χ2n) is 7.57. The molecule has 148 valence electrons. The summed E-state index contributed by atoms with van der Waals surface area (Å²) >= 11 is 0. The molecule has 0 unspecified atom stereocenters. The molecule has 2 aliphatic rings. The molecule has 1 saturated carbocycles. The lowest BCUT2D eigenvalue weighted by Gasteiger charge is -2.41. The van der Waals surface area contributed by atoms with Gasteiger partial charge in [0.25, 0.3) is 0 Å². The molecule has 30 heavy (non-hydrogen) atoms. The molecule has 1 fully saturated rings. The monoisotopic (exact) mass is 399 g/mol. The van der Waals surface area contributed by atoms with Crippen molar-refractivity contribution in [3.05, 3.63) is 77.2 Å². The summed E-state index contributed by atoms with van der Waals surface area (Å²) in [5, 5.41) is 40.7. The van der Waals surface area contributed by atoms with Crippen molar-refractivity contribution < 1.29 is 14.1 Å². The van der Waals surface area contributed by atoms with Crippen LogP contribution in [0.1, 0.15) is 30.4 Å². The highest BCUT2D eigenvalue weighted by molar-refractivity contribution is 6.13. The first-order valence-corrected chi connectivity index (χ1v) is 9.64. The highest BCUT2D eigenvalue weighted by Gasteiger charge is 2.62. The molecule has 2 aromatic rings. The van der Waals surface area contributed by atoms with E-state index in [9.17, 15) is 25.4 Å². The van der Waals surface area contributed by atoms with Crippen LogP contribution >= 0.6 is 0 Å². The van der Waals surface area contributed by atoms with E-state index >= 15 is 0 Å². The normalized spacial score (nSPS) is 27.9. The zero-order valence-electron chi connectivity index (χ0n) is 16.0. The first-order valence-electron chi connectivity index (χ1n) is 9.64. The lowest BCUT2D eigenvalue weighted by Crippen LogP contribution is -2.60. The number of pyridine rings is 1. The van der Waals surface area contributed by atoms with Gasteiger partial charge in [0.2, 0.25) is 11.8 Å². The third kappa shape index (κ3) is 3.11. The number of rotatable bonds is 4. The molecule has 7 heteroatoms. The number of nitrogens with zero attached hydrogens (tertiary/aromatic N) is 5. The van der Waals surface area contributed by atoms with Gasteiger partial charge in [0.15, 0.2) is 12.4 Å². The van der Waals surface area contributed by atoms with Gasteiger partial charge in [0.1, 0.15) is 17.8 Å². The summed E-state index contributed by atoms with van der Waals surface area (Å²) in [6.07, 6.45) is 4.93. The van der Waals surface area contributed by atoms with E-state index in [0.717, 1.165) is 0 Å². The molecular formula is C23H18FN5O. The lowest BCUT2D eigenvalue weighted by atomic mass is 9.70.